The van der Waals surface area contributed by atoms with Crippen molar-refractivity contribution in [2.75, 3.05) is 31.2 Å². The fraction of sp³-hybridized carbons (Fsp3) is 0.615. The first kappa shape index (κ1) is 17.8. The van der Waals surface area contributed by atoms with Gasteiger partial charge in [0.25, 0.3) is 0 Å². The topological polar surface area (TPSA) is 37.4 Å². The average Bonchev–Trinajstić information content (AvgIpc) is 2.39. The molecule has 1 atom stereocenters. The van der Waals surface area contributed by atoms with Gasteiger partial charge in [-0.2, -0.15) is 0 Å². The molecule has 3 heterocycles. The lowest BCUT2D eigenvalue weighted by atomic mass is 10.1. The predicted octanol–water partition coefficient (Wildman–Crippen LogP) is 2.45. The Kier molecular flexibility index (Phi) is 6.82. The summed E-state index contributed by atoms with van der Waals surface area (Å²) in [7, 11) is 0. The third-order valence-electron chi connectivity index (χ3n) is 3.62. The summed E-state index contributed by atoms with van der Waals surface area (Å²) in [6, 6.07) is 2.40. The SMILES string of the molecule is C[C@@H]1COCCN1c1nc2c(cc1Cl)CNCC2.Cl.Cl. The summed E-state index contributed by atoms with van der Waals surface area (Å²) in [6.45, 7) is 6.39. The minimum atomic E-state index is 0. The Morgan fingerprint density at radius 2 is 2.25 bits per heavy atom. The minimum Gasteiger partial charge on any atom is -0.377 e. The molecule has 1 N–H and O–H groups in total. The molecule has 0 radical (unpaired) electrons. The number of hydrogen-bond acceptors (Lipinski definition) is 4. The van der Waals surface area contributed by atoms with Gasteiger partial charge in [-0.25, -0.2) is 4.98 Å². The van der Waals surface area contributed by atoms with Crippen LogP contribution < -0.4 is 10.2 Å². The standard InChI is InChI=1S/C13H18ClN3O.2ClH/c1-9-8-18-5-4-17(9)13-11(14)6-10-7-15-3-2-12(10)16-13;;/h6,9,15H,2-5,7-8H2,1H3;2*1H/t9-;;/m1../s1. The number of ether oxygens (including phenoxy) is 1. The van der Waals surface area contributed by atoms with Crippen LogP contribution in [0.4, 0.5) is 5.82 Å². The molecule has 0 amide bonds. The van der Waals surface area contributed by atoms with E-state index in [1.54, 1.807) is 0 Å². The average molecular weight is 341 g/mol. The van der Waals surface area contributed by atoms with Gasteiger partial charge in [0.2, 0.25) is 0 Å². The van der Waals surface area contributed by atoms with Gasteiger partial charge in [0, 0.05) is 31.7 Å². The largest absolute Gasteiger partial charge is 0.377 e. The maximum absolute atomic E-state index is 6.39. The zero-order chi connectivity index (χ0) is 12.5. The number of fused-ring (bicyclic) bond motifs is 1. The Morgan fingerprint density at radius 1 is 1.45 bits per heavy atom. The molecule has 3 rings (SSSR count). The van der Waals surface area contributed by atoms with E-state index in [4.69, 9.17) is 21.3 Å². The molecule has 1 aromatic heterocycles. The normalized spacial score (nSPS) is 21.5. The van der Waals surface area contributed by atoms with Crippen LogP contribution in [0.5, 0.6) is 0 Å². The van der Waals surface area contributed by atoms with Crippen LogP contribution in [0.2, 0.25) is 5.02 Å². The number of anilines is 1. The number of pyridine rings is 1. The van der Waals surface area contributed by atoms with E-state index in [1.165, 1.54) is 11.3 Å². The van der Waals surface area contributed by atoms with Gasteiger partial charge >= 0.3 is 0 Å². The van der Waals surface area contributed by atoms with Crippen LogP contribution >= 0.6 is 36.4 Å². The fourth-order valence-electron chi connectivity index (χ4n) is 2.60. The number of hydrogen-bond donors (Lipinski definition) is 1. The first-order valence-corrected chi connectivity index (χ1v) is 6.87. The molecule has 1 saturated heterocycles. The van der Waals surface area contributed by atoms with Gasteiger partial charge in [0.1, 0.15) is 5.82 Å². The molecule has 0 unspecified atom stereocenters. The zero-order valence-corrected chi connectivity index (χ0v) is 13.8. The van der Waals surface area contributed by atoms with Gasteiger partial charge in [0.05, 0.1) is 24.3 Å². The maximum Gasteiger partial charge on any atom is 0.148 e. The molecule has 0 saturated carbocycles. The van der Waals surface area contributed by atoms with Crippen LogP contribution in [0.15, 0.2) is 6.07 Å². The number of rotatable bonds is 1. The Labute approximate surface area is 137 Å². The van der Waals surface area contributed by atoms with Crippen molar-refractivity contribution in [2.45, 2.75) is 25.9 Å². The molecule has 1 aromatic rings. The number of nitrogens with one attached hydrogen (secondary N) is 1. The molecule has 1 fully saturated rings. The molecule has 0 spiro atoms. The summed E-state index contributed by atoms with van der Waals surface area (Å²) < 4.78 is 5.46. The van der Waals surface area contributed by atoms with Gasteiger partial charge in [-0.05, 0) is 18.6 Å². The second-order valence-corrected chi connectivity index (χ2v) is 5.35. The minimum absolute atomic E-state index is 0. The molecule has 0 aromatic carbocycles. The third-order valence-corrected chi connectivity index (χ3v) is 3.90. The molecule has 2 aliphatic heterocycles. The van der Waals surface area contributed by atoms with Gasteiger partial charge in [-0.15, -0.1) is 24.8 Å². The number of halogens is 3. The highest BCUT2D eigenvalue weighted by molar-refractivity contribution is 6.33. The van der Waals surface area contributed by atoms with E-state index >= 15 is 0 Å². The van der Waals surface area contributed by atoms with E-state index < -0.39 is 0 Å². The van der Waals surface area contributed by atoms with Gasteiger partial charge < -0.3 is 15.0 Å². The Bertz CT molecular complexity index is 459. The number of aromatic nitrogens is 1. The van der Waals surface area contributed by atoms with Crippen LogP contribution in [0.25, 0.3) is 0 Å². The second kappa shape index (κ2) is 7.66. The van der Waals surface area contributed by atoms with Crippen molar-refractivity contribution in [3.63, 3.8) is 0 Å². The van der Waals surface area contributed by atoms with E-state index in [9.17, 15) is 0 Å². The summed E-state index contributed by atoms with van der Waals surface area (Å²) in [5, 5.41) is 4.10. The highest BCUT2D eigenvalue weighted by Crippen LogP contribution is 2.29. The quantitative estimate of drug-likeness (QED) is 0.852. The number of morpholine rings is 1. The van der Waals surface area contributed by atoms with Crippen molar-refractivity contribution in [1.29, 1.82) is 0 Å². The predicted molar refractivity (Wildman–Crippen MR) is 86.8 cm³/mol. The monoisotopic (exact) mass is 339 g/mol. The summed E-state index contributed by atoms with van der Waals surface area (Å²) in [4.78, 5) is 7.04. The van der Waals surface area contributed by atoms with E-state index in [0.717, 1.165) is 50.1 Å². The molecule has 4 nitrogen and oxygen atoms in total. The van der Waals surface area contributed by atoms with Crippen molar-refractivity contribution >= 4 is 42.2 Å². The van der Waals surface area contributed by atoms with E-state index in [2.05, 4.69) is 23.2 Å². The summed E-state index contributed by atoms with van der Waals surface area (Å²) >= 11 is 6.39. The van der Waals surface area contributed by atoms with Crippen molar-refractivity contribution < 1.29 is 4.74 Å². The highest BCUT2D eigenvalue weighted by atomic mass is 35.5. The van der Waals surface area contributed by atoms with Crippen LogP contribution in [-0.4, -0.2) is 37.3 Å². The van der Waals surface area contributed by atoms with Gasteiger partial charge in [-0.3, -0.25) is 0 Å². The van der Waals surface area contributed by atoms with E-state index in [-0.39, 0.29) is 24.8 Å². The molecular weight excluding hydrogens is 321 g/mol. The van der Waals surface area contributed by atoms with Crippen LogP contribution in [-0.2, 0) is 17.7 Å². The smallest absolute Gasteiger partial charge is 0.148 e. The molecule has 2 aliphatic rings. The first-order chi connectivity index (χ1) is 8.75. The first-order valence-electron chi connectivity index (χ1n) is 6.49. The Morgan fingerprint density at radius 3 is 3.00 bits per heavy atom. The van der Waals surface area contributed by atoms with Crippen molar-refractivity contribution in [3.8, 4) is 0 Å². The Balaban J connectivity index is 0.000001000. The van der Waals surface area contributed by atoms with Crippen LogP contribution in [0.1, 0.15) is 18.2 Å². The Hall–Kier alpha value is -0.260. The summed E-state index contributed by atoms with van der Waals surface area (Å²) in [5.41, 5.74) is 2.42. The maximum atomic E-state index is 6.39. The molecular formula is C13H20Cl3N3O. The van der Waals surface area contributed by atoms with E-state index in [0.29, 0.717) is 6.04 Å². The molecule has 20 heavy (non-hydrogen) atoms. The summed E-state index contributed by atoms with van der Waals surface area (Å²) in [5.74, 6) is 0.924. The zero-order valence-electron chi connectivity index (χ0n) is 11.4. The fourth-order valence-corrected chi connectivity index (χ4v) is 2.88. The summed E-state index contributed by atoms with van der Waals surface area (Å²) in [6.07, 6.45) is 0.984. The van der Waals surface area contributed by atoms with Gasteiger partial charge in [-0.1, -0.05) is 11.6 Å². The lowest BCUT2D eigenvalue weighted by molar-refractivity contribution is 0.0985. The van der Waals surface area contributed by atoms with Crippen molar-refractivity contribution in [2.24, 2.45) is 0 Å². The molecule has 0 aliphatic carbocycles. The van der Waals surface area contributed by atoms with Crippen LogP contribution in [0, 0.1) is 0 Å². The highest BCUT2D eigenvalue weighted by Gasteiger charge is 2.24. The lowest BCUT2D eigenvalue weighted by Gasteiger charge is -2.35. The number of nitrogens with zero attached hydrogens (tertiary/aromatic N) is 2. The lowest BCUT2D eigenvalue weighted by Crippen LogP contribution is -2.44. The third kappa shape index (κ3) is 3.49. The van der Waals surface area contributed by atoms with Crippen molar-refractivity contribution in [1.82, 2.24) is 10.3 Å². The van der Waals surface area contributed by atoms with Crippen molar-refractivity contribution in [3.05, 3.63) is 22.3 Å². The van der Waals surface area contributed by atoms with E-state index in [1.807, 2.05) is 0 Å². The molecule has 0 bridgehead atoms. The second-order valence-electron chi connectivity index (χ2n) is 4.94. The molecule has 114 valence electrons. The van der Waals surface area contributed by atoms with Gasteiger partial charge in [0.15, 0.2) is 0 Å². The van der Waals surface area contributed by atoms with Crippen LogP contribution in [0.3, 0.4) is 0 Å². The molecule has 7 heteroatoms.